The number of piperidine rings is 1. The lowest BCUT2D eigenvalue weighted by Gasteiger charge is -2.34. The second-order valence-corrected chi connectivity index (χ2v) is 6.42. The van der Waals surface area contributed by atoms with Gasteiger partial charge in [0.25, 0.3) is 0 Å². The molecule has 0 bridgehead atoms. The Balaban J connectivity index is 1.99. The third-order valence-corrected chi connectivity index (χ3v) is 4.87. The number of hydrogen-bond acceptors (Lipinski definition) is 1. The minimum atomic E-state index is 0.0477. The van der Waals surface area contributed by atoms with Crippen LogP contribution in [0.1, 0.15) is 18.9 Å². The molecule has 2 nitrogen and oxygen atoms in total. The molecule has 1 heterocycles. The van der Waals surface area contributed by atoms with Gasteiger partial charge >= 0.3 is 0 Å². The van der Waals surface area contributed by atoms with Crippen LogP contribution in [0.3, 0.4) is 0 Å². The molecule has 0 spiro atoms. The Kier molecular flexibility index (Phi) is 4.99. The summed E-state index contributed by atoms with van der Waals surface area (Å²) in [5.74, 6) is 0.562. The lowest BCUT2D eigenvalue weighted by molar-refractivity contribution is -0.131. The average Bonchev–Trinajstić information content (AvgIpc) is 2.37. The maximum atomic E-state index is 12.2. The van der Waals surface area contributed by atoms with Crippen molar-refractivity contribution < 1.29 is 4.79 Å². The topological polar surface area (TPSA) is 20.3 Å². The zero-order valence-electron chi connectivity index (χ0n) is 10.7. The van der Waals surface area contributed by atoms with Crippen LogP contribution in [0.25, 0.3) is 0 Å². The van der Waals surface area contributed by atoms with Crippen molar-refractivity contribution >= 4 is 40.7 Å². The minimum Gasteiger partial charge on any atom is -0.341 e. The first kappa shape index (κ1) is 15.0. The van der Waals surface area contributed by atoms with E-state index in [1.54, 1.807) is 12.1 Å². The number of likely N-dealkylation sites (tertiary alicyclic amines) is 1. The summed E-state index contributed by atoms with van der Waals surface area (Å²) in [6.07, 6.45) is 1.30. The Hall–Kier alpha value is -0.440. The number of hydrogen-bond donors (Lipinski definition) is 0. The summed E-state index contributed by atoms with van der Waals surface area (Å²) in [5, 5.41) is 1.03. The maximum Gasteiger partial charge on any atom is 0.227 e. The van der Waals surface area contributed by atoms with Gasteiger partial charge in [-0.1, -0.05) is 36.2 Å². The van der Waals surface area contributed by atoms with E-state index in [1.165, 1.54) is 0 Å². The zero-order valence-corrected chi connectivity index (χ0v) is 13.0. The number of rotatable bonds is 2. The van der Waals surface area contributed by atoms with Gasteiger partial charge in [0.1, 0.15) is 0 Å². The van der Waals surface area contributed by atoms with E-state index < -0.39 is 0 Å². The molecule has 2 atom stereocenters. The highest BCUT2D eigenvalue weighted by Gasteiger charge is 2.27. The standard InChI is InChI=1S/C14H16Cl3NO/c1-9-4-5-18(8-13(9)17)14(19)7-10-2-3-11(15)12(16)6-10/h2-3,6,9,13H,4-5,7-8H2,1H3. The lowest BCUT2D eigenvalue weighted by Crippen LogP contribution is -2.44. The molecule has 1 aromatic carbocycles. The number of alkyl halides is 1. The van der Waals surface area contributed by atoms with Crippen LogP contribution in [0.5, 0.6) is 0 Å². The first-order valence-electron chi connectivity index (χ1n) is 6.33. The van der Waals surface area contributed by atoms with E-state index >= 15 is 0 Å². The fourth-order valence-corrected chi connectivity index (χ4v) is 2.80. The number of benzene rings is 1. The highest BCUT2D eigenvalue weighted by Crippen LogP contribution is 2.25. The summed E-state index contributed by atoms with van der Waals surface area (Å²) in [6, 6.07) is 5.29. The third-order valence-electron chi connectivity index (χ3n) is 3.56. The Morgan fingerprint density at radius 3 is 2.74 bits per heavy atom. The quantitative estimate of drug-likeness (QED) is 0.754. The number of carbonyl (C=O) groups is 1. The monoisotopic (exact) mass is 319 g/mol. The van der Waals surface area contributed by atoms with E-state index in [4.69, 9.17) is 34.8 Å². The van der Waals surface area contributed by atoms with Crippen LogP contribution in [-0.2, 0) is 11.2 Å². The van der Waals surface area contributed by atoms with E-state index in [2.05, 4.69) is 6.92 Å². The van der Waals surface area contributed by atoms with Gasteiger partial charge in [-0.15, -0.1) is 11.6 Å². The molecule has 0 saturated carbocycles. The van der Waals surface area contributed by atoms with Crippen molar-refractivity contribution in [3.8, 4) is 0 Å². The van der Waals surface area contributed by atoms with Crippen molar-refractivity contribution in [2.24, 2.45) is 5.92 Å². The van der Waals surface area contributed by atoms with E-state index in [0.29, 0.717) is 28.9 Å². The Bertz CT molecular complexity index is 478. The van der Waals surface area contributed by atoms with Gasteiger partial charge in [0, 0.05) is 13.1 Å². The zero-order chi connectivity index (χ0) is 14.0. The van der Waals surface area contributed by atoms with Gasteiger partial charge in [0.05, 0.1) is 21.8 Å². The maximum absolute atomic E-state index is 12.2. The van der Waals surface area contributed by atoms with Gasteiger partial charge < -0.3 is 4.90 Å². The van der Waals surface area contributed by atoms with Crippen LogP contribution in [0.2, 0.25) is 10.0 Å². The number of nitrogens with zero attached hydrogens (tertiary/aromatic N) is 1. The predicted octanol–water partition coefficient (Wildman–Crippen LogP) is 4.01. The molecular weight excluding hydrogens is 305 g/mol. The fourth-order valence-electron chi connectivity index (χ4n) is 2.18. The molecular formula is C14H16Cl3NO. The fraction of sp³-hybridized carbons (Fsp3) is 0.500. The minimum absolute atomic E-state index is 0.0477. The summed E-state index contributed by atoms with van der Waals surface area (Å²) in [4.78, 5) is 14.0. The molecule has 0 radical (unpaired) electrons. The molecule has 104 valence electrons. The normalized spacial score (nSPS) is 23.5. The van der Waals surface area contributed by atoms with Gasteiger partial charge in [-0.3, -0.25) is 4.79 Å². The molecule has 1 fully saturated rings. The van der Waals surface area contributed by atoms with E-state index in [0.717, 1.165) is 18.5 Å². The van der Waals surface area contributed by atoms with Crippen molar-refractivity contribution in [1.82, 2.24) is 4.90 Å². The molecule has 1 saturated heterocycles. The summed E-state index contributed by atoms with van der Waals surface area (Å²) in [6.45, 7) is 3.53. The van der Waals surface area contributed by atoms with Crippen molar-refractivity contribution in [1.29, 1.82) is 0 Å². The molecule has 0 aromatic heterocycles. The van der Waals surface area contributed by atoms with Crippen molar-refractivity contribution in [3.63, 3.8) is 0 Å². The molecule has 19 heavy (non-hydrogen) atoms. The predicted molar refractivity (Wildman–Crippen MR) is 80.2 cm³/mol. The van der Waals surface area contributed by atoms with Crippen LogP contribution in [-0.4, -0.2) is 29.3 Å². The highest BCUT2D eigenvalue weighted by molar-refractivity contribution is 6.42. The summed E-state index contributed by atoms with van der Waals surface area (Å²) in [7, 11) is 0. The molecule has 1 amide bonds. The Morgan fingerprint density at radius 2 is 2.11 bits per heavy atom. The molecule has 1 aromatic rings. The van der Waals surface area contributed by atoms with Gasteiger partial charge in [-0.05, 0) is 30.0 Å². The van der Waals surface area contributed by atoms with Crippen molar-refractivity contribution in [3.05, 3.63) is 33.8 Å². The molecule has 0 N–H and O–H groups in total. The van der Waals surface area contributed by atoms with E-state index in [9.17, 15) is 4.79 Å². The van der Waals surface area contributed by atoms with Gasteiger partial charge in [0.15, 0.2) is 0 Å². The van der Waals surface area contributed by atoms with Crippen molar-refractivity contribution in [2.75, 3.05) is 13.1 Å². The van der Waals surface area contributed by atoms with Crippen LogP contribution >= 0.6 is 34.8 Å². The van der Waals surface area contributed by atoms with E-state index in [-0.39, 0.29) is 11.3 Å². The Morgan fingerprint density at radius 1 is 1.37 bits per heavy atom. The van der Waals surface area contributed by atoms with E-state index in [1.807, 2.05) is 11.0 Å². The third kappa shape index (κ3) is 3.77. The summed E-state index contributed by atoms with van der Waals surface area (Å²) in [5.41, 5.74) is 0.879. The average molecular weight is 321 g/mol. The summed E-state index contributed by atoms with van der Waals surface area (Å²) >= 11 is 18.0. The molecule has 2 unspecified atom stereocenters. The lowest BCUT2D eigenvalue weighted by atomic mass is 9.98. The second-order valence-electron chi connectivity index (χ2n) is 5.05. The van der Waals surface area contributed by atoms with Crippen molar-refractivity contribution in [2.45, 2.75) is 25.1 Å². The largest absolute Gasteiger partial charge is 0.341 e. The molecule has 0 aliphatic carbocycles. The van der Waals surface area contributed by atoms with Crippen LogP contribution in [0, 0.1) is 5.92 Å². The summed E-state index contributed by atoms with van der Waals surface area (Å²) < 4.78 is 0. The van der Waals surface area contributed by atoms with Crippen LogP contribution in [0.15, 0.2) is 18.2 Å². The molecule has 5 heteroatoms. The first-order valence-corrected chi connectivity index (χ1v) is 7.52. The number of halogens is 3. The first-order chi connectivity index (χ1) is 8.97. The molecule has 2 rings (SSSR count). The van der Waals surface area contributed by atoms with Gasteiger partial charge in [-0.2, -0.15) is 0 Å². The number of amides is 1. The molecule has 1 aliphatic rings. The van der Waals surface area contributed by atoms with Crippen LogP contribution in [0.4, 0.5) is 0 Å². The van der Waals surface area contributed by atoms with Gasteiger partial charge in [0.2, 0.25) is 5.91 Å². The second kappa shape index (κ2) is 6.34. The number of carbonyl (C=O) groups excluding carboxylic acids is 1. The smallest absolute Gasteiger partial charge is 0.227 e. The highest BCUT2D eigenvalue weighted by atomic mass is 35.5. The molecule has 1 aliphatic heterocycles. The van der Waals surface area contributed by atoms with Gasteiger partial charge in [-0.25, -0.2) is 0 Å². The SMILES string of the molecule is CC1CCN(C(=O)Cc2ccc(Cl)c(Cl)c2)CC1Cl. The Labute approximate surface area is 128 Å². The van der Waals surface area contributed by atoms with Crippen LogP contribution < -0.4 is 0 Å².